The molecule has 0 bridgehead atoms. The molecule has 31 heavy (non-hydrogen) atoms. The predicted octanol–water partition coefficient (Wildman–Crippen LogP) is 4.35. The number of allylic oxidation sites excluding steroid dienone is 3. The SMILES string of the molecule is CN(C)N=C1C=CC(NC(=O)C(NC(=S)Nc2ccc(Br)cc2)c2ccccc2)=CC1. The number of carbonyl (C=O) groups excluding carboxylic acids is 1. The van der Waals surface area contributed by atoms with Crippen LogP contribution >= 0.6 is 28.1 Å². The van der Waals surface area contributed by atoms with E-state index in [1.54, 1.807) is 5.01 Å². The summed E-state index contributed by atoms with van der Waals surface area (Å²) in [5.41, 5.74) is 3.31. The van der Waals surface area contributed by atoms with Gasteiger partial charge in [0.25, 0.3) is 5.91 Å². The number of thiocarbonyl (C=S) groups is 1. The normalized spacial score (nSPS) is 15.1. The molecule has 0 aliphatic heterocycles. The summed E-state index contributed by atoms with van der Waals surface area (Å²) in [4.78, 5) is 13.1. The molecule has 8 heteroatoms. The first kappa shape index (κ1) is 22.7. The Hall–Kier alpha value is -2.97. The minimum atomic E-state index is -0.650. The third kappa shape index (κ3) is 7.04. The van der Waals surface area contributed by atoms with Crippen molar-refractivity contribution in [3.8, 4) is 0 Å². The van der Waals surface area contributed by atoms with Crippen molar-refractivity contribution in [2.45, 2.75) is 12.5 Å². The van der Waals surface area contributed by atoms with E-state index in [0.29, 0.717) is 11.5 Å². The number of nitrogens with one attached hydrogen (secondary N) is 3. The number of amides is 1. The summed E-state index contributed by atoms with van der Waals surface area (Å²) in [6.07, 6.45) is 6.35. The molecule has 1 unspecified atom stereocenters. The standard InChI is InChI=1S/C23H24BrN5OS/c1-29(2)28-20-14-12-18(13-15-20)25-22(30)21(16-6-4-3-5-7-16)27-23(31)26-19-10-8-17(24)9-11-19/h3-14,21H,15H2,1-2H3,(H,25,30)(H2,26,27,31). The Morgan fingerprint density at radius 1 is 1.06 bits per heavy atom. The fraction of sp³-hybridized carbons (Fsp3) is 0.174. The van der Waals surface area contributed by atoms with Crippen LogP contribution in [-0.2, 0) is 4.79 Å². The first-order valence-electron chi connectivity index (χ1n) is 9.72. The number of carbonyl (C=O) groups is 1. The van der Waals surface area contributed by atoms with Crippen molar-refractivity contribution in [3.63, 3.8) is 0 Å². The number of hydrazone groups is 1. The van der Waals surface area contributed by atoms with Crippen molar-refractivity contribution >= 4 is 50.6 Å². The Morgan fingerprint density at radius 2 is 1.77 bits per heavy atom. The molecule has 0 saturated heterocycles. The van der Waals surface area contributed by atoms with E-state index in [0.717, 1.165) is 27.1 Å². The first-order valence-corrected chi connectivity index (χ1v) is 10.9. The van der Waals surface area contributed by atoms with Gasteiger partial charge in [0.15, 0.2) is 5.11 Å². The zero-order valence-electron chi connectivity index (χ0n) is 17.3. The number of hydrogen-bond donors (Lipinski definition) is 3. The Labute approximate surface area is 196 Å². The van der Waals surface area contributed by atoms with E-state index in [2.05, 4.69) is 37.0 Å². The van der Waals surface area contributed by atoms with E-state index in [9.17, 15) is 4.79 Å². The molecule has 0 radical (unpaired) electrons. The van der Waals surface area contributed by atoms with Crippen LogP contribution in [0.15, 0.2) is 88.1 Å². The largest absolute Gasteiger partial charge is 0.347 e. The van der Waals surface area contributed by atoms with E-state index >= 15 is 0 Å². The first-order chi connectivity index (χ1) is 14.9. The highest BCUT2D eigenvalue weighted by Crippen LogP contribution is 2.17. The summed E-state index contributed by atoms with van der Waals surface area (Å²) in [5.74, 6) is -0.199. The van der Waals surface area contributed by atoms with Crippen LogP contribution in [0.3, 0.4) is 0 Å². The summed E-state index contributed by atoms with van der Waals surface area (Å²) in [5, 5.41) is 15.7. The van der Waals surface area contributed by atoms with E-state index in [1.165, 1.54) is 0 Å². The van der Waals surface area contributed by atoms with Gasteiger partial charge in [0.1, 0.15) is 6.04 Å². The highest BCUT2D eigenvalue weighted by atomic mass is 79.9. The van der Waals surface area contributed by atoms with Gasteiger partial charge in [0, 0.05) is 36.4 Å². The van der Waals surface area contributed by atoms with Gasteiger partial charge in [0.2, 0.25) is 0 Å². The average Bonchev–Trinajstić information content (AvgIpc) is 2.75. The molecular weight excluding hydrogens is 474 g/mol. The van der Waals surface area contributed by atoms with E-state index < -0.39 is 6.04 Å². The van der Waals surface area contributed by atoms with Gasteiger partial charge in [-0.2, -0.15) is 5.10 Å². The van der Waals surface area contributed by atoms with E-state index in [-0.39, 0.29) is 5.91 Å². The summed E-state index contributed by atoms with van der Waals surface area (Å²) < 4.78 is 0.978. The molecule has 1 amide bonds. The van der Waals surface area contributed by atoms with Gasteiger partial charge < -0.3 is 21.0 Å². The molecule has 1 aliphatic carbocycles. The maximum absolute atomic E-state index is 13.1. The maximum Gasteiger partial charge on any atom is 0.251 e. The predicted molar refractivity (Wildman–Crippen MR) is 134 cm³/mol. The third-order valence-corrected chi connectivity index (χ3v) is 5.10. The van der Waals surface area contributed by atoms with Crippen molar-refractivity contribution in [2.24, 2.45) is 5.10 Å². The molecule has 0 fully saturated rings. The summed E-state index contributed by atoms with van der Waals surface area (Å²) >= 11 is 8.88. The van der Waals surface area contributed by atoms with Gasteiger partial charge in [-0.15, -0.1) is 0 Å². The quantitative estimate of drug-likeness (QED) is 0.408. The number of anilines is 1. The summed E-state index contributed by atoms with van der Waals surface area (Å²) in [7, 11) is 3.76. The second kappa shape index (κ2) is 10.9. The van der Waals surface area contributed by atoms with Crippen LogP contribution < -0.4 is 16.0 Å². The Kier molecular flexibility index (Phi) is 7.97. The van der Waals surface area contributed by atoms with Gasteiger partial charge in [-0.3, -0.25) is 4.79 Å². The van der Waals surface area contributed by atoms with Gasteiger partial charge >= 0.3 is 0 Å². The fourth-order valence-corrected chi connectivity index (χ4v) is 3.45. The Bertz CT molecular complexity index is 1020. The molecule has 0 heterocycles. The molecule has 1 aliphatic rings. The molecular formula is C23H24BrN5OS. The van der Waals surface area contributed by atoms with Crippen LogP contribution in [0.1, 0.15) is 18.0 Å². The van der Waals surface area contributed by atoms with Crippen LogP contribution in [0, 0.1) is 0 Å². The van der Waals surface area contributed by atoms with Crippen molar-refractivity contribution in [3.05, 3.63) is 88.6 Å². The molecule has 2 aromatic rings. The van der Waals surface area contributed by atoms with Crippen molar-refractivity contribution in [2.75, 3.05) is 19.4 Å². The maximum atomic E-state index is 13.1. The number of hydrogen-bond acceptors (Lipinski definition) is 4. The van der Waals surface area contributed by atoms with E-state index in [1.807, 2.05) is 86.9 Å². The number of halogens is 1. The number of benzene rings is 2. The lowest BCUT2D eigenvalue weighted by Gasteiger charge is -2.22. The molecule has 2 aromatic carbocycles. The lowest BCUT2D eigenvalue weighted by atomic mass is 10.1. The van der Waals surface area contributed by atoms with Gasteiger partial charge in [-0.1, -0.05) is 52.3 Å². The Morgan fingerprint density at radius 3 is 2.39 bits per heavy atom. The smallest absolute Gasteiger partial charge is 0.251 e. The molecule has 0 aromatic heterocycles. The highest BCUT2D eigenvalue weighted by Gasteiger charge is 2.22. The molecule has 3 rings (SSSR count). The average molecular weight is 498 g/mol. The second-order valence-corrected chi connectivity index (χ2v) is 8.40. The zero-order valence-corrected chi connectivity index (χ0v) is 19.7. The highest BCUT2D eigenvalue weighted by molar-refractivity contribution is 9.10. The minimum Gasteiger partial charge on any atom is -0.347 e. The van der Waals surface area contributed by atoms with E-state index in [4.69, 9.17) is 12.2 Å². The third-order valence-electron chi connectivity index (χ3n) is 4.35. The molecule has 0 spiro atoms. The monoisotopic (exact) mass is 497 g/mol. The van der Waals surface area contributed by atoms with Crippen LogP contribution in [0.25, 0.3) is 0 Å². The molecule has 160 valence electrons. The zero-order chi connectivity index (χ0) is 22.2. The topological polar surface area (TPSA) is 68.8 Å². The molecule has 6 nitrogen and oxygen atoms in total. The molecule has 1 atom stereocenters. The van der Waals surface area contributed by atoms with Gasteiger partial charge in [-0.25, -0.2) is 0 Å². The lowest BCUT2D eigenvalue weighted by Crippen LogP contribution is -2.41. The van der Waals surface area contributed by atoms with Crippen LogP contribution in [-0.4, -0.2) is 35.8 Å². The lowest BCUT2D eigenvalue weighted by molar-refractivity contribution is -0.122. The van der Waals surface area contributed by atoms with Gasteiger partial charge in [-0.05, 0) is 54.2 Å². The number of nitrogens with zero attached hydrogens (tertiary/aromatic N) is 2. The fourth-order valence-electron chi connectivity index (χ4n) is 2.95. The van der Waals surface area contributed by atoms with Crippen LogP contribution in [0.4, 0.5) is 5.69 Å². The van der Waals surface area contributed by atoms with Gasteiger partial charge in [0.05, 0.1) is 5.71 Å². The molecule has 0 saturated carbocycles. The second-order valence-electron chi connectivity index (χ2n) is 7.07. The van der Waals surface area contributed by atoms with Crippen molar-refractivity contribution in [1.82, 2.24) is 15.6 Å². The minimum absolute atomic E-state index is 0.199. The van der Waals surface area contributed by atoms with Crippen LogP contribution in [0.5, 0.6) is 0 Å². The Balaban J connectivity index is 1.70. The molecule has 3 N–H and O–H groups in total. The number of rotatable bonds is 6. The van der Waals surface area contributed by atoms with Crippen molar-refractivity contribution in [1.29, 1.82) is 0 Å². The van der Waals surface area contributed by atoms with Crippen LogP contribution in [0.2, 0.25) is 0 Å². The summed E-state index contributed by atoms with van der Waals surface area (Å²) in [6.45, 7) is 0. The van der Waals surface area contributed by atoms with Crippen molar-refractivity contribution < 1.29 is 4.79 Å². The summed E-state index contributed by atoms with van der Waals surface area (Å²) in [6, 6.07) is 16.5.